The highest BCUT2D eigenvalue weighted by molar-refractivity contribution is 5.99. The van der Waals surface area contributed by atoms with Gasteiger partial charge >= 0.3 is 6.03 Å². The Hall–Kier alpha value is -3.67. The minimum atomic E-state index is -0.319. The standard InChI is InChI=1S/C23H23N5O/c1-23(2,3)20-15-21(26-22(29)25-17-9-5-4-6-10-17)28(27-20)18-11-12-19-16(14-18)8-7-13-24-19/h4-15H,1-3H3,(H2,25,26,29). The van der Waals surface area contributed by atoms with Crippen LogP contribution in [0.3, 0.4) is 0 Å². The molecule has 0 saturated heterocycles. The largest absolute Gasteiger partial charge is 0.324 e. The van der Waals surface area contributed by atoms with Crippen molar-refractivity contribution < 1.29 is 4.79 Å². The molecule has 4 rings (SSSR count). The Bertz CT molecular complexity index is 1160. The maximum atomic E-state index is 12.6. The molecular formula is C23H23N5O. The van der Waals surface area contributed by atoms with Crippen molar-refractivity contribution >= 4 is 28.4 Å². The number of nitrogens with zero attached hydrogens (tertiary/aromatic N) is 3. The average molecular weight is 385 g/mol. The summed E-state index contributed by atoms with van der Waals surface area (Å²) in [5, 5.41) is 11.6. The van der Waals surface area contributed by atoms with E-state index in [1.807, 2.05) is 66.7 Å². The van der Waals surface area contributed by atoms with Gasteiger partial charge in [0, 0.05) is 28.8 Å². The Balaban J connectivity index is 1.70. The quantitative estimate of drug-likeness (QED) is 0.498. The van der Waals surface area contributed by atoms with Gasteiger partial charge in [0.1, 0.15) is 5.82 Å². The third-order valence-corrected chi connectivity index (χ3v) is 4.58. The molecule has 0 radical (unpaired) electrons. The molecule has 6 nitrogen and oxygen atoms in total. The number of anilines is 2. The topological polar surface area (TPSA) is 71.8 Å². The van der Waals surface area contributed by atoms with Gasteiger partial charge in [-0.05, 0) is 36.4 Å². The lowest BCUT2D eigenvalue weighted by atomic mass is 9.92. The molecule has 0 bridgehead atoms. The van der Waals surface area contributed by atoms with Gasteiger partial charge in [-0.15, -0.1) is 0 Å². The zero-order chi connectivity index (χ0) is 20.4. The van der Waals surface area contributed by atoms with E-state index in [0.29, 0.717) is 5.82 Å². The van der Waals surface area contributed by atoms with Crippen LogP contribution in [0.4, 0.5) is 16.3 Å². The van der Waals surface area contributed by atoms with Crippen LogP contribution in [0.15, 0.2) is 72.9 Å². The van der Waals surface area contributed by atoms with E-state index < -0.39 is 0 Å². The summed E-state index contributed by atoms with van der Waals surface area (Å²) in [5.74, 6) is 0.603. The van der Waals surface area contributed by atoms with Gasteiger partial charge in [-0.25, -0.2) is 9.48 Å². The highest BCUT2D eigenvalue weighted by Crippen LogP contribution is 2.27. The number of hydrogen-bond acceptors (Lipinski definition) is 3. The molecule has 0 saturated carbocycles. The molecule has 0 aliphatic heterocycles. The third kappa shape index (κ3) is 4.11. The fourth-order valence-electron chi connectivity index (χ4n) is 3.03. The first-order chi connectivity index (χ1) is 13.9. The number of hydrogen-bond donors (Lipinski definition) is 2. The zero-order valence-electron chi connectivity index (χ0n) is 16.7. The Morgan fingerprint density at radius 3 is 2.48 bits per heavy atom. The first-order valence-electron chi connectivity index (χ1n) is 9.49. The second-order valence-corrected chi connectivity index (χ2v) is 7.90. The molecule has 2 aromatic heterocycles. The highest BCUT2D eigenvalue weighted by atomic mass is 16.2. The highest BCUT2D eigenvalue weighted by Gasteiger charge is 2.21. The van der Waals surface area contributed by atoms with Crippen LogP contribution in [-0.4, -0.2) is 20.8 Å². The number of rotatable bonds is 3. The number of aromatic nitrogens is 3. The molecule has 6 heteroatoms. The van der Waals surface area contributed by atoms with Gasteiger partial charge in [-0.2, -0.15) is 5.10 Å². The minimum absolute atomic E-state index is 0.157. The van der Waals surface area contributed by atoms with Gasteiger partial charge in [-0.1, -0.05) is 45.0 Å². The van der Waals surface area contributed by atoms with E-state index in [4.69, 9.17) is 5.10 Å². The summed E-state index contributed by atoms with van der Waals surface area (Å²) >= 11 is 0. The van der Waals surface area contributed by atoms with Gasteiger partial charge in [0.05, 0.1) is 16.9 Å². The fraction of sp³-hybridized carbons (Fsp3) is 0.174. The molecule has 29 heavy (non-hydrogen) atoms. The molecule has 146 valence electrons. The van der Waals surface area contributed by atoms with Gasteiger partial charge in [-0.3, -0.25) is 10.3 Å². The van der Waals surface area contributed by atoms with Crippen molar-refractivity contribution in [1.29, 1.82) is 0 Å². The fourth-order valence-corrected chi connectivity index (χ4v) is 3.03. The van der Waals surface area contributed by atoms with Gasteiger partial charge in [0.2, 0.25) is 0 Å². The van der Waals surface area contributed by atoms with Gasteiger partial charge < -0.3 is 5.32 Å². The number of benzene rings is 2. The SMILES string of the molecule is CC(C)(C)c1cc(NC(=O)Nc2ccccc2)n(-c2ccc3ncccc3c2)n1. The number of pyridine rings is 1. The second-order valence-electron chi connectivity index (χ2n) is 7.90. The van der Waals surface area contributed by atoms with Crippen molar-refractivity contribution in [3.8, 4) is 5.69 Å². The maximum absolute atomic E-state index is 12.6. The van der Waals surface area contributed by atoms with E-state index in [9.17, 15) is 4.79 Å². The van der Waals surface area contributed by atoms with Crippen LogP contribution in [0.2, 0.25) is 0 Å². The molecule has 0 atom stereocenters. The van der Waals surface area contributed by atoms with Crippen LogP contribution in [0.25, 0.3) is 16.6 Å². The number of para-hydroxylation sites is 1. The Morgan fingerprint density at radius 2 is 1.72 bits per heavy atom. The molecule has 0 aliphatic rings. The van der Waals surface area contributed by atoms with Crippen molar-refractivity contribution in [2.45, 2.75) is 26.2 Å². The molecule has 0 aliphatic carbocycles. The van der Waals surface area contributed by atoms with E-state index in [0.717, 1.165) is 28.0 Å². The summed E-state index contributed by atoms with van der Waals surface area (Å²) < 4.78 is 1.76. The predicted octanol–water partition coefficient (Wildman–Crippen LogP) is 5.36. The Labute approximate surface area is 169 Å². The summed E-state index contributed by atoms with van der Waals surface area (Å²) in [6.45, 7) is 6.29. The summed E-state index contributed by atoms with van der Waals surface area (Å²) in [7, 11) is 0. The minimum Gasteiger partial charge on any atom is -0.308 e. The normalized spacial score (nSPS) is 11.4. The average Bonchev–Trinajstić information content (AvgIpc) is 3.12. The van der Waals surface area contributed by atoms with E-state index in [-0.39, 0.29) is 11.4 Å². The first kappa shape index (κ1) is 18.7. The lowest BCUT2D eigenvalue weighted by Crippen LogP contribution is -2.21. The van der Waals surface area contributed by atoms with Crippen LogP contribution < -0.4 is 10.6 Å². The van der Waals surface area contributed by atoms with Crippen LogP contribution in [0.5, 0.6) is 0 Å². The monoisotopic (exact) mass is 385 g/mol. The van der Waals surface area contributed by atoms with Crippen molar-refractivity contribution in [3.05, 3.63) is 78.6 Å². The number of fused-ring (bicyclic) bond motifs is 1. The Morgan fingerprint density at radius 1 is 0.931 bits per heavy atom. The third-order valence-electron chi connectivity index (χ3n) is 4.58. The van der Waals surface area contributed by atoms with Gasteiger partial charge in [0.15, 0.2) is 0 Å². The molecule has 0 unspecified atom stereocenters. The van der Waals surface area contributed by atoms with Crippen molar-refractivity contribution in [2.75, 3.05) is 10.6 Å². The predicted molar refractivity (Wildman–Crippen MR) is 117 cm³/mol. The van der Waals surface area contributed by atoms with Crippen molar-refractivity contribution in [2.24, 2.45) is 0 Å². The van der Waals surface area contributed by atoms with Crippen molar-refractivity contribution in [1.82, 2.24) is 14.8 Å². The van der Waals surface area contributed by atoms with Crippen LogP contribution in [-0.2, 0) is 5.41 Å². The van der Waals surface area contributed by atoms with E-state index >= 15 is 0 Å². The summed E-state index contributed by atoms with van der Waals surface area (Å²) in [6.07, 6.45) is 1.77. The molecular weight excluding hydrogens is 362 g/mol. The number of nitrogens with one attached hydrogen (secondary N) is 2. The lowest BCUT2D eigenvalue weighted by Gasteiger charge is -2.14. The summed E-state index contributed by atoms with van der Waals surface area (Å²) in [6, 6.07) is 20.8. The van der Waals surface area contributed by atoms with E-state index in [1.54, 1.807) is 10.9 Å². The molecule has 2 aromatic carbocycles. The first-order valence-corrected chi connectivity index (χ1v) is 9.49. The van der Waals surface area contributed by atoms with Gasteiger partial charge in [0.25, 0.3) is 0 Å². The van der Waals surface area contributed by atoms with E-state index in [2.05, 4.69) is 36.4 Å². The van der Waals surface area contributed by atoms with Crippen LogP contribution >= 0.6 is 0 Å². The molecule has 4 aromatic rings. The number of amides is 2. The Kier molecular flexibility index (Phi) is 4.76. The molecule has 2 N–H and O–H groups in total. The summed E-state index contributed by atoms with van der Waals surface area (Å²) in [4.78, 5) is 16.9. The maximum Gasteiger partial charge on any atom is 0.324 e. The number of carbonyl (C=O) groups is 1. The molecule has 2 heterocycles. The smallest absolute Gasteiger partial charge is 0.308 e. The lowest BCUT2D eigenvalue weighted by molar-refractivity contribution is 0.262. The number of urea groups is 1. The second kappa shape index (κ2) is 7.39. The van der Waals surface area contributed by atoms with E-state index in [1.165, 1.54) is 0 Å². The number of carbonyl (C=O) groups excluding carboxylic acids is 1. The van der Waals surface area contributed by atoms with Crippen LogP contribution in [0.1, 0.15) is 26.5 Å². The zero-order valence-corrected chi connectivity index (χ0v) is 16.7. The molecule has 0 fully saturated rings. The molecule has 0 spiro atoms. The summed E-state index contributed by atoms with van der Waals surface area (Å²) in [5.41, 5.74) is 3.23. The van der Waals surface area contributed by atoms with Crippen LogP contribution in [0, 0.1) is 0 Å². The molecule has 2 amide bonds. The van der Waals surface area contributed by atoms with Crippen molar-refractivity contribution in [3.63, 3.8) is 0 Å².